The highest BCUT2D eigenvalue weighted by molar-refractivity contribution is 5.93. The zero-order chi connectivity index (χ0) is 15.4. The van der Waals surface area contributed by atoms with Gasteiger partial charge >= 0.3 is 0 Å². The lowest BCUT2D eigenvalue weighted by molar-refractivity contribution is -0.117. The van der Waals surface area contributed by atoms with Gasteiger partial charge < -0.3 is 10.6 Å². The van der Waals surface area contributed by atoms with E-state index in [2.05, 4.69) is 27.6 Å². The molecule has 0 aromatic carbocycles. The number of nitrogens with zero attached hydrogens (tertiary/aromatic N) is 3. The molecule has 21 heavy (non-hydrogen) atoms. The van der Waals surface area contributed by atoms with E-state index in [-0.39, 0.29) is 5.91 Å². The van der Waals surface area contributed by atoms with Gasteiger partial charge in [0.2, 0.25) is 5.91 Å². The number of nitrogens with one attached hydrogen (secondary N) is 2. The van der Waals surface area contributed by atoms with E-state index in [9.17, 15) is 4.79 Å². The maximum atomic E-state index is 12.3. The Hall–Kier alpha value is -1.40. The lowest BCUT2D eigenvalue weighted by Gasteiger charge is -2.33. The van der Waals surface area contributed by atoms with Gasteiger partial charge in [0.25, 0.3) is 0 Å². The van der Waals surface area contributed by atoms with Crippen LogP contribution in [0.25, 0.3) is 0 Å². The Morgan fingerprint density at radius 1 is 1.52 bits per heavy atom. The Kier molecular flexibility index (Phi) is 5.36. The van der Waals surface area contributed by atoms with E-state index in [1.54, 1.807) is 4.68 Å². The van der Waals surface area contributed by atoms with Gasteiger partial charge in [-0.3, -0.25) is 14.4 Å². The van der Waals surface area contributed by atoms with Gasteiger partial charge in [-0.05, 0) is 39.8 Å². The number of aryl methyl sites for hydroxylation is 2. The number of carbonyl (C=O) groups is 1. The Labute approximate surface area is 126 Å². The Balaban J connectivity index is 1.96. The zero-order valence-corrected chi connectivity index (χ0v) is 13.6. The minimum Gasteiger partial charge on any atom is -0.322 e. The topological polar surface area (TPSA) is 62.2 Å². The monoisotopic (exact) mass is 293 g/mol. The second-order valence-electron chi connectivity index (χ2n) is 5.78. The molecule has 1 unspecified atom stereocenters. The maximum Gasteiger partial charge on any atom is 0.238 e. The molecular weight excluding hydrogens is 266 g/mol. The normalized spacial score (nSPS) is 19.0. The number of hydrogen-bond acceptors (Lipinski definition) is 4. The molecule has 1 aliphatic rings. The van der Waals surface area contributed by atoms with Crippen molar-refractivity contribution >= 4 is 11.6 Å². The third-order valence-corrected chi connectivity index (χ3v) is 4.31. The van der Waals surface area contributed by atoms with Crippen LogP contribution >= 0.6 is 0 Å². The van der Waals surface area contributed by atoms with E-state index in [0.717, 1.165) is 36.7 Å². The van der Waals surface area contributed by atoms with Crippen molar-refractivity contribution in [2.75, 3.05) is 31.5 Å². The van der Waals surface area contributed by atoms with Gasteiger partial charge in [-0.15, -0.1) is 0 Å². The van der Waals surface area contributed by atoms with Crippen LogP contribution in [0.2, 0.25) is 0 Å². The standard InChI is InChI=1S/C15H27N5O/c1-5-20(13-7-6-8-16-9-13)10-14(21)17-15-11(2)18-19(4)12(15)3/h13,16H,5-10H2,1-4H3,(H,17,21). The highest BCUT2D eigenvalue weighted by Crippen LogP contribution is 2.18. The van der Waals surface area contributed by atoms with E-state index in [4.69, 9.17) is 0 Å². The zero-order valence-electron chi connectivity index (χ0n) is 13.6. The van der Waals surface area contributed by atoms with Crippen LogP contribution in [0.5, 0.6) is 0 Å². The van der Waals surface area contributed by atoms with E-state index >= 15 is 0 Å². The van der Waals surface area contributed by atoms with Crippen LogP contribution in [-0.2, 0) is 11.8 Å². The van der Waals surface area contributed by atoms with E-state index in [0.29, 0.717) is 12.6 Å². The van der Waals surface area contributed by atoms with Gasteiger partial charge in [0, 0.05) is 19.6 Å². The van der Waals surface area contributed by atoms with Gasteiger partial charge in [0.05, 0.1) is 23.6 Å². The molecular formula is C15H27N5O. The minimum absolute atomic E-state index is 0.0432. The van der Waals surface area contributed by atoms with Crippen LogP contribution < -0.4 is 10.6 Å². The van der Waals surface area contributed by atoms with Crippen molar-refractivity contribution in [2.24, 2.45) is 7.05 Å². The van der Waals surface area contributed by atoms with Crippen LogP contribution in [0.4, 0.5) is 5.69 Å². The first-order valence-corrected chi connectivity index (χ1v) is 7.77. The maximum absolute atomic E-state index is 12.3. The van der Waals surface area contributed by atoms with Crippen molar-refractivity contribution in [1.82, 2.24) is 20.0 Å². The minimum atomic E-state index is 0.0432. The smallest absolute Gasteiger partial charge is 0.238 e. The van der Waals surface area contributed by atoms with Crippen LogP contribution in [0.3, 0.4) is 0 Å². The second-order valence-corrected chi connectivity index (χ2v) is 5.78. The van der Waals surface area contributed by atoms with Crippen molar-refractivity contribution < 1.29 is 4.79 Å². The average molecular weight is 293 g/mol. The largest absolute Gasteiger partial charge is 0.322 e. The summed E-state index contributed by atoms with van der Waals surface area (Å²) in [5, 5.41) is 10.8. The lowest BCUT2D eigenvalue weighted by Crippen LogP contribution is -2.48. The molecule has 2 heterocycles. The van der Waals surface area contributed by atoms with Gasteiger partial charge in [-0.1, -0.05) is 6.92 Å². The Morgan fingerprint density at radius 3 is 2.81 bits per heavy atom. The third-order valence-electron chi connectivity index (χ3n) is 4.31. The molecule has 0 saturated carbocycles. The molecule has 0 spiro atoms. The molecule has 0 bridgehead atoms. The molecule has 0 aliphatic carbocycles. The molecule has 1 amide bonds. The van der Waals surface area contributed by atoms with E-state index < -0.39 is 0 Å². The highest BCUT2D eigenvalue weighted by Gasteiger charge is 2.22. The number of anilines is 1. The fourth-order valence-electron chi connectivity index (χ4n) is 2.96. The molecule has 1 aliphatic heterocycles. The number of rotatable bonds is 5. The summed E-state index contributed by atoms with van der Waals surface area (Å²) < 4.78 is 1.80. The molecule has 0 radical (unpaired) electrons. The summed E-state index contributed by atoms with van der Waals surface area (Å²) in [5.41, 5.74) is 2.70. The molecule has 1 aromatic heterocycles. The van der Waals surface area contributed by atoms with Crippen molar-refractivity contribution in [1.29, 1.82) is 0 Å². The summed E-state index contributed by atoms with van der Waals surface area (Å²) in [6.07, 6.45) is 2.35. The summed E-state index contributed by atoms with van der Waals surface area (Å²) in [6, 6.07) is 0.464. The summed E-state index contributed by atoms with van der Waals surface area (Å²) in [5.74, 6) is 0.0432. The predicted octanol–water partition coefficient (Wildman–Crippen LogP) is 1.05. The first-order valence-electron chi connectivity index (χ1n) is 7.77. The number of piperidine rings is 1. The van der Waals surface area contributed by atoms with Crippen LogP contribution in [0, 0.1) is 13.8 Å². The molecule has 1 saturated heterocycles. The average Bonchev–Trinajstić information content (AvgIpc) is 2.72. The number of amides is 1. The summed E-state index contributed by atoms with van der Waals surface area (Å²) in [4.78, 5) is 14.6. The van der Waals surface area contributed by atoms with Crippen molar-refractivity contribution in [3.8, 4) is 0 Å². The summed E-state index contributed by atoms with van der Waals surface area (Å²) >= 11 is 0. The quantitative estimate of drug-likeness (QED) is 0.852. The third kappa shape index (κ3) is 3.83. The second kappa shape index (κ2) is 7.04. The number of aromatic nitrogens is 2. The number of carbonyl (C=O) groups excluding carboxylic acids is 1. The first kappa shape index (κ1) is 16.0. The lowest BCUT2D eigenvalue weighted by atomic mass is 10.1. The fourth-order valence-corrected chi connectivity index (χ4v) is 2.96. The summed E-state index contributed by atoms with van der Waals surface area (Å²) in [7, 11) is 1.89. The summed E-state index contributed by atoms with van der Waals surface area (Å²) in [6.45, 7) is 9.41. The van der Waals surface area contributed by atoms with Gasteiger partial charge in [-0.25, -0.2) is 0 Å². The van der Waals surface area contributed by atoms with Crippen molar-refractivity contribution in [3.05, 3.63) is 11.4 Å². The molecule has 6 heteroatoms. The Bertz CT molecular complexity index is 490. The highest BCUT2D eigenvalue weighted by atomic mass is 16.2. The molecule has 6 nitrogen and oxygen atoms in total. The molecule has 2 N–H and O–H groups in total. The Morgan fingerprint density at radius 2 is 2.29 bits per heavy atom. The van der Waals surface area contributed by atoms with Crippen LogP contribution in [-0.4, -0.2) is 52.8 Å². The van der Waals surface area contributed by atoms with Gasteiger partial charge in [0.1, 0.15) is 0 Å². The first-order chi connectivity index (χ1) is 10.0. The molecule has 1 fully saturated rings. The van der Waals surface area contributed by atoms with Crippen molar-refractivity contribution in [2.45, 2.75) is 39.7 Å². The number of hydrogen-bond donors (Lipinski definition) is 2. The van der Waals surface area contributed by atoms with E-state index in [1.165, 1.54) is 12.8 Å². The number of likely N-dealkylation sites (N-methyl/N-ethyl adjacent to an activating group) is 1. The predicted molar refractivity (Wildman–Crippen MR) is 84.5 cm³/mol. The SMILES string of the molecule is CCN(CC(=O)Nc1c(C)nn(C)c1C)C1CCCNC1. The fraction of sp³-hybridized carbons (Fsp3) is 0.733. The molecule has 1 aromatic rings. The molecule has 118 valence electrons. The van der Waals surface area contributed by atoms with Gasteiger partial charge in [0.15, 0.2) is 0 Å². The van der Waals surface area contributed by atoms with Crippen LogP contribution in [0.15, 0.2) is 0 Å². The van der Waals surface area contributed by atoms with E-state index in [1.807, 2.05) is 20.9 Å². The van der Waals surface area contributed by atoms with Crippen molar-refractivity contribution in [3.63, 3.8) is 0 Å². The molecule has 1 atom stereocenters. The van der Waals surface area contributed by atoms with Gasteiger partial charge in [-0.2, -0.15) is 5.10 Å². The van der Waals surface area contributed by atoms with Crippen LogP contribution in [0.1, 0.15) is 31.2 Å². The molecule has 2 rings (SSSR count).